The Labute approximate surface area is 171 Å². The van der Waals surface area contributed by atoms with Gasteiger partial charge in [0.2, 0.25) is 0 Å². The molecule has 0 radical (unpaired) electrons. The second kappa shape index (κ2) is 7.22. The van der Waals surface area contributed by atoms with Crippen LogP contribution in [0.25, 0.3) is 26.3 Å². The highest BCUT2D eigenvalue weighted by Crippen LogP contribution is 2.42. The molecule has 0 aliphatic heterocycles. The third-order valence-corrected chi connectivity index (χ3v) is 5.60. The number of hydrogen-bond acceptors (Lipinski definition) is 2. The Bertz CT molecular complexity index is 1290. The van der Waals surface area contributed by atoms with Gasteiger partial charge >= 0.3 is 6.18 Å². The zero-order valence-corrected chi connectivity index (χ0v) is 16.2. The summed E-state index contributed by atoms with van der Waals surface area (Å²) in [7, 11) is 0. The van der Waals surface area contributed by atoms with Crippen molar-refractivity contribution < 1.29 is 22.0 Å². The van der Waals surface area contributed by atoms with Crippen molar-refractivity contribution in [1.82, 2.24) is 9.55 Å². The molecule has 30 heavy (non-hydrogen) atoms. The number of nitrogens with zero attached hydrogens (tertiary/aromatic N) is 3. The van der Waals surface area contributed by atoms with E-state index in [0.717, 1.165) is 12.1 Å². The molecule has 0 N–H and O–H groups in total. The van der Waals surface area contributed by atoms with Gasteiger partial charge in [0.1, 0.15) is 16.6 Å². The van der Waals surface area contributed by atoms with Gasteiger partial charge in [-0.3, -0.25) is 0 Å². The molecule has 2 aromatic carbocycles. The number of thiazole rings is 1. The van der Waals surface area contributed by atoms with Crippen molar-refractivity contribution >= 4 is 27.9 Å². The van der Waals surface area contributed by atoms with Crippen molar-refractivity contribution in [2.45, 2.75) is 19.6 Å². The maximum atomic E-state index is 13.6. The number of benzene rings is 2. The molecular formula is C21H12F5N3S. The molecule has 0 amide bonds. The first kappa shape index (κ1) is 20.0. The molecule has 0 saturated carbocycles. The summed E-state index contributed by atoms with van der Waals surface area (Å²) < 4.78 is 69.3. The molecule has 0 atom stereocenters. The second-order valence-corrected chi connectivity index (χ2v) is 7.53. The van der Waals surface area contributed by atoms with Gasteiger partial charge in [0.15, 0.2) is 5.69 Å². The van der Waals surface area contributed by atoms with Crippen LogP contribution in [0.2, 0.25) is 0 Å². The van der Waals surface area contributed by atoms with Crippen LogP contribution in [-0.4, -0.2) is 9.55 Å². The van der Waals surface area contributed by atoms with Gasteiger partial charge in [0.05, 0.1) is 24.4 Å². The van der Waals surface area contributed by atoms with E-state index in [-0.39, 0.29) is 11.9 Å². The van der Waals surface area contributed by atoms with Crippen molar-refractivity contribution in [2.24, 2.45) is 0 Å². The Morgan fingerprint density at radius 1 is 1.10 bits per heavy atom. The van der Waals surface area contributed by atoms with Crippen LogP contribution in [0.4, 0.5) is 27.6 Å². The van der Waals surface area contributed by atoms with Gasteiger partial charge in [-0.05, 0) is 31.2 Å². The molecule has 0 aliphatic carbocycles. The summed E-state index contributed by atoms with van der Waals surface area (Å²) in [6.07, 6.45) is -4.66. The van der Waals surface area contributed by atoms with Gasteiger partial charge in [0.25, 0.3) is 0 Å². The van der Waals surface area contributed by atoms with E-state index in [2.05, 4.69) is 9.83 Å². The lowest BCUT2D eigenvalue weighted by Crippen LogP contribution is -2.06. The maximum absolute atomic E-state index is 13.6. The Hall–Kier alpha value is -3.25. The normalized spacial score (nSPS) is 11.8. The van der Waals surface area contributed by atoms with Crippen molar-refractivity contribution in [3.8, 4) is 10.6 Å². The topological polar surface area (TPSA) is 22.2 Å². The molecule has 3 nitrogen and oxygen atoms in total. The third kappa shape index (κ3) is 3.55. The lowest BCUT2D eigenvalue weighted by atomic mass is 10.1. The van der Waals surface area contributed by atoms with Gasteiger partial charge in [0, 0.05) is 33.6 Å². The highest BCUT2D eigenvalue weighted by molar-refractivity contribution is 7.13. The Kier molecular flexibility index (Phi) is 4.82. The van der Waals surface area contributed by atoms with Crippen LogP contribution >= 0.6 is 11.3 Å². The van der Waals surface area contributed by atoms with E-state index in [1.807, 2.05) is 0 Å². The van der Waals surface area contributed by atoms with Crippen molar-refractivity contribution in [3.05, 3.63) is 81.8 Å². The molecule has 9 heteroatoms. The van der Waals surface area contributed by atoms with E-state index in [4.69, 9.17) is 6.57 Å². The summed E-state index contributed by atoms with van der Waals surface area (Å²) in [6, 6.07) is 7.16. The molecule has 2 aromatic heterocycles. The van der Waals surface area contributed by atoms with E-state index in [1.54, 1.807) is 16.9 Å². The Morgan fingerprint density at radius 2 is 1.80 bits per heavy atom. The zero-order chi connectivity index (χ0) is 21.6. The first-order valence-corrected chi connectivity index (χ1v) is 9.53. The van der Waals surface area contributed by atoms with E-state index in [1.165, 1.54) is 35.6 Å². The van der Waals surface area contributed by atoms with Crippen LogP contribution < -0.4 is 0 Å². The second-order valence-electron chi connectivity index (χ2n) is 6.68. The minimum atomic E-state index is -4.66. The van der Waals surface area contributed by atoms with Crippen LogP contribution in [-0.2, 0) is 12.7 Å². The summed E-state index contributed by atoms with van der Waals surface area (Å²) in [5, 5.41) is 2.06. The largest absolute Gasteiger partial charge is 0.408 e. The summed E-state index contributed by atoms with van der Waals surface area (Å²) in [5.41, 5.74) is 0.340. The molecule has 4 aromatic rings. The smallest absolute Gasteiger partial charge is 0.339 e. The number of fused-ring (bicyclic) bond motifs is 1. The van der Waals surface area contributed by atoms with Crippen LogP contribution in [0.1, 0.15) is 17.0 Å². The Morgan fingerprint density at radius 3 is 2.43 bits per heavy atom. The SMILES string of the molecule is [C-]#[N+]c1ccc2c(cc(C)n2Cc2csc(-c3cc(F)cc(F)c3)n2)c1C(F)(F)F. The van der Waals surface area contributed by atoms with E-state index in [0.29, 0.717) is 27.5 Å². The first-order valence-electron chi connectivity index (χ1n) is 8.65. The molecule has 0 saturated heterocycles. The van der Waals surface area contributed by atoms with Crippen LogP contribution in [0.15, 0.2) is 41.8 Å². The van der Waals surface area contributed by atoms with Crippen molar-refractivity contribution in [2.75, 3.05) is 0 Å². The number of aryl methyl sites for hydroxylation is 1. The molecule has 4 rings (SSSR count). The molecule has 0 bridgehead atoms. The standard InChI is InChI=1S/C21H12F5N3S/c1-11-5-16-18(4-3-17(27-2)19(16)21(24,25)26)29(11)9-15-10-30-20(28-15)12-6-13(22)8-14(23)7-12/h3-8,10H,9H2,1H3. The van der Waals surface area contributed by atoms with E-state index in [9.17, 15) is 22.0 Å². The minimum absolute atomic E-state index is 0.0452. The van der Waals surface area contributed by atoms with E-state index < -0.39 is 29.1 Å². The maximum Gasteiger partial charge on any atom is 0.408 e. The van der Waals surface area contributed by atoms with Crippen molar-refractivity contribution in [3.63, 3.8) is 0 Å². The number of aromatic nitrogens is 2. The zero-order valence-electron chi connectivity index (χ0n) is 15.4. The molecule has 0 unspecified atom stereocenters. The molecule has 0 fully saturated rings. The minimum Gasteiger partial charge on any atom is -0.339 e. The highest BCUT2D eigenvalue weighted by Gasteiger charge is 2.36. The lowest BCUT2D eigenvalue weighted by Gasteiger charge is -2.12. The number of halogens is 5. The number of alkyl halides is 3. The van der Waals surface area contributed by atoms with Crippen LogP contribution in [0.3, 0.4) is 0 Å². The Balaban J connectivity index is 1.76. The van der Waals surface area contributed by atoms with Crippen LogP contribution in [0, 0.1) is 25.1 Å². The van der Waals surface area contributed by atoms with Gasteiger partial charge in [-0.1, -0.05) is 6.07 Å². The number of hydrogen-bond donors (Lipinski definition) is 0. The fraction of sp³-hybridized carbons (Fsp3) is 0.143. The third-order valence-electron chi connectivity index (χ3n) is 4.66. The summed E-state index contributed by atoms with van der Waals surface area (Å²) in [6.45, 7) is 8.90. The average molecular weight is 433 g/mol. The van der Waals surface area contributed by atoms with Gasteiger partial charge in [-0.2, -0.15) is 13.2 Å². The van der Waals surface area contributed by atoms with Gasteiger partial charge < -0.3 is 4.57 Å². The lowest BCUT2D eigenvalue weighted by molar-refractivity contribution is -0.135. The molecule has 0 spiro atoms. The quantitative estimate of drug-likeness (QED) is 0.253. The monoisotopic (exact) mass is 433 g/mol. The molecule has 152 valence electrons. The fourth-order valence-corrected chi connectivity index (χ4v) is 4.21. The van der Waals surface area contributed by atoms with Gasteiger partial charge in [-0.15, -0.1) is 11.3 Å². The predicted octanol–water partition coefficient (Wildman–Crippen LogP) is 6.97. The van der Waals surface area contributed by atoms with E-state index >= 15 is 0 Å². The number of rotatable bonds is 3. The summed E-state index contributed by atoms with van der Waals surface area (Å²) >= 11 is 1.19. The molecule has 0 aliphatic rings. The molecule has 2 heterocycles. The van der Waals surface area contributed by atoms with Gasteiger partial charge in [-0.25, -0.2) is 18.6 Å². The average Bonchev–Trinajstić information content (AvgIpc) is 3.24. The highest BCUT2D eigenvalue weighted by atomic mass is 32.1. The first-order chi connectivity index (χ1) is 14.2. The van der Waals surface area contributed by atoms with Crippen molar-refractivity contribution in [1.29, 1.82) is 0 Å². The molecular weight excluding hydrogens is 421 g/mol. The predicted molar refractivity (Wildman–Crippen MR) is 105 cm³/mol. The van der Waals surface area contributed by atoms with Crippen LogP contribution in [0.5, 0.6) is 0 Å². The fourth-order valence-electron chi connectivity index (χ4n) is 3.41. The summed E-state index contributed by atoms with van der Waals surface area (Å²) in [5.74, 6) is -1.44. The summed E-state index contributed by atoms with van der Waals surface area (Å²) in [4.78, 5) is 7.39.